The maximum absolute atomic E-state index is 12.4. The van der Waals surface area contributed by atoms with Gasteiger partial charge in [-0.15, -0.1) is 0 Å². The van der Waals surface area contributed by atoms with Gasteiger partial charge in [-0.3, -0.25) is 9.48 Å². The van der Waals surface area contributed by atoms with E-state index in [1.165, 1.54) is 5.56 Å². The molecule has 0 bridgehead atoms. The minimum Gasteiger partial charge on any atom is -0.454 e. The van der Waals surface area contributed by atoms with Crippen LogP contribution in [0, 0.1) is 6.92 Å². The molecular formula is C19H17N3O3. The van der Waals surface area contributed by atoms with E-state index < -0.39 is 0 Å². The fourth-order valence-corrected chi connectivity index (χ4v) is 2.64. The lowest BCUT2D eigenvalue weighted by Crippen LogP contribution is -2.11. The zero-order chi connectivity index (χ0) is 17.2. The van der Waals surface area contributed by atoms with Crippen LogP contribution in [0.25, 0.3) is 0 Å². The molecule has 0 fully saturated rings. The monoisotopic (exact) mass is 335 g/mol. The van der Waals surface area contributed by atoms with E-state index in [0.29, 0.717) is 29.3 Å². The first-order valence-corrected chi connectivity index (χ1v) is 7.96. The van der Waals surface area contributed by atoms with E-state index in [-0.39, 0.29) is 12.7 Å². The van der Waals surface area contributed by atoms with E-state index in [9.17, 15) is 4.79 Å². The molecule has 2 aromatic carbocycles. The average molecular weight is 335 g/mol. The summed E-state index contributed by atoms with van der Waals surface area (Å²) >= 11 is 0. The van der Waals surface area contributed by atoms with E-state index in [1.807, 2.05) is 6.20 Å². The Bertz CT molecular complexity index is 916. The fourth-order valence-electron chi connectivity index (χ4n) is 2.64. The molecule has 0 saturated heterocycles. The Morgan fingerprint density at radius 1 is 1.16 bits per heavy atom. The minimum absolute atomic E-state index is 0.187. The number of carbonyl (C=O) groups is 1. The molecule has 6 heteroatoms. The van der Waals surface area contributed by atoms with Crippen molar-refractivity contribution in [1.29, 1.82) is 0 Å². The predicted molar refractivity (Wildman–Crippen MR) is 93.0 cm³/mol. The molecule has 1 N–H and O–H groups in total. The second kappa shape index (κ2) is 6.32. The number of nitrogens with one attached hydrogen (secondary N) is 1. The maximum atomic E-state index is 12.4. The number of carbonyl (C=O) groups excluding carboxylic acids is 1. The van der Waals surface area contributed by atoms with Crippen LogP contribution in [0.15, 0.2) is 54.9 Å². The second-order valence-corrected chi connectivity index (χ2v) is 5.93. The minimum atomic E-state index is -0.215. The van der Waals surface area contributed by atoms with Crippen LogP contribution in [-0.4, -0.2) is 22.5 Å². The third kappa shape index (κ3) is 3.33. The quantitative estimate of drug-likeness (QED) is 0.795. The van der Waals surface area contributed by atoms with Gasteiger partial charge in [-0.05, 0) is 30.7 Å². The molecule has 0 unspecified atom stereocenters. The van der Waals surface area contributed by atoms with Gasteiger partial charge in [0.25, 0.3) is 5.91 Å². The molecule has 4 rings (SSSR count). The Balaban J connectivity index is 1.43. The Morgan fingerprint density at radius 3 is 2.80 bits per heavy atom. The molecule has 1 aliphatic heterocycles. The van der Waals surface area contributed by atoms with Gasteiger partial charge in [0.1, 0.15) is 0 Å². The van der Waals surface area contributed by atoms with Crippen molar-refractivity contribution in [2.24, 2.45) is 0 Å². The highest BCUT2D eigenvalue weighted by Gasteiger charge is 2.16. The zero-order valence-electron chi connectivity index (χ0n) is 13.7. The van der Waals surface area contributed by atoms with Crippen LogP contribution in [-0.2, 0) is 6.54 Å². The summed E-state index contributed by atoms with van der Waals surface area (Å²) in [6.45, 7) is 2.90. The van der Waals surface area contributed by atoms with Gasteiger partial charge in [0, 0.05) is 11.8 Å². The summed E-state index contributed by atoms with van der Waals surface area (Å²) in [5.41, 5.74) is 3.54. The topological polar surface area (TPSA) is 65.4 Å². The first-order valence-electron chi connectivity index (χ1n) is 7.96. The van der Waals surface area contributed by atoms with E-state index in [1.54, 1.807) is 29.1 Å². The van der Waals surface area contributed by atoms with Gasteiger partial charge in [0.15, 0.2) is 11.5 Å². The van der Waals surface area contributed by atoms with Crippen LogP contribution in [0.2, 0.25) is 0 Å². The summed E-state index contributed by atoms with van der Waals surface area (Å²) in [5.74, 6) is 1.03. The number of amides is 1. The predicted octanol–water partition coefficient (Wildman–Crippen LogP) is 3.22. The molecule has 126 valence electrons. The number of aromatic nitrogens is 2. The second-order valence-electron chi connectivity index (χ2n) is 5.93. The van der Waals surface area contributed by atoms with Crippen molar-refractivity contribution >= 4 is 11.6 Å². The highest BCUT2D eigenvalue weighted by atomic mass is 16.7. The van der Waals surface area contributed by atoms with E-state index >= 15 is 0 Å². The molecule has 2 heterocycles. The van der Waals surface area contributed by atoms with Crippen molar-refractivity contribution < 1.29 is 14.3 Å². The lowest BCUT2D eigenvalue weighted by molar-refractivity contribution is 0.102. The molecule has 1 aromatic heterocycles. The normalized spacial score (nSPS) is 12.2. The first-order chi connectivity index (χ1) is 12.2. The van der Waals surface area contributed by atoms with Gasteiger partial charge in [-0.1, -0.05) is 29.8 Å². The van der Waals surface area contributed by atoms with Gasteiger partial charge < -0.3 is 14.8 Å². The van der Waals surface area contributed by atoms with Crippen LogP contribution in [0.4, 0.5) is 5.69 Å². The number of hydrogen-bond donors (Lipinski definition) is 1. The summed E-state index contributed by atoms with van der Waals surface area (Å²) < 4.78 is 12.3. The van der Waals surface area contributed by atoms with Gasteiger partial charge in [0.05, 0.1) is 18.4 Å². The van der Waals surface area contributed by atoms with Crippen molar-refractivity contribution in [3.8, 4) is 11.5 Å². The number of benzene rings is 2. The highest BCUT2D eigenvalue weighted by molar-refractivity contribution is 6.04. The maximum Gasteiger partial charge on any atom is 0.255 e. The van der Waals surface area contributed by atoms with Crippen molar-refractivity contribution in [3.63, 3.8) is 0 Å². The van der Waals surface area contributed by atoms with Crippen molar-refractivity contribution in [2.45, 2.75) is 13.5 Å². The molecule has 0 radical (unpaired) electrons. The molecule has 6 nitrogen and oxygen atoms in total. The number of rotatable bonds is 4. The van der Waals surface area contributed by atoms with Gasteiger partial charge in [-0.25, -0.2) is 0 Å². The van der Waals surface area contributed by atoms with E-state index in [0.717, 1.165) is 5.56 Å². The van der Waals surface area contributed by atoms with Gasteiger partial charge in [0.2, 0.25) is 6.79 Å². The average Bonchev–Trinajstić information content (AvgIpc) is 3.25. The number of anilines is 1. The summed E-state index contributed by atoms with van der Waals surface area (Å²) in [6.07, 6.45) is 3.45. The molecule has 0 atom stereocenters. The Kier molecular flexibility index (Phi) is 3.85. The molecule has 1 aliphatic rings. The first kappa shape index (κ1) is 15.3. The van der Waals surface area contributed by atoms with Crippen molar-refractivity contribution in [3.05, 3.63) is 71.5 Å². The van der Waals surface area contributed by atoms with Crippen LogP contribution in [0.5, 0.6) is 11.5 Å². The lowest BCUT2D eigenvalue weighted by atomic mass is 10.1. The summed E-state index contributed by atoms with van der Waals surface area (Å²) in [4.78, 5) is 12.4. The summed E-state index contributed by atoms with van der Waals surface area (Å²) in [6, 6.07) is 13.4. The summed E-state index contributed by atoms with van der Waals surface area (Å²) in [7, 11) is 0. The molecule has 0 saturated carbocycles. The number of fused-ring (bicyclic) bond motifs is 1. The number of nitrogens with zero attached hydrogens (tertiary/aromatic N) is 2. The fraction of sp³-hybridized carbons (Fsp3) is 0.158. The van der Waals surface area contributed by atoms with Crippen LogP contribution in [0.3, 0.4) is 0 Å². The summed E-state index contributed by atoms with van der Waals surface area (Å²) in [5, 5.41) is 7.14. The molecule has 1 amide bonds. The van der Waals surface area contributed by atoms with Crippen molar-refractivity contribution in [1.82, 2.24) is 9.78 Å². The van der Waals surface area contributed by atoms with Crippen LogP contribution in [0.1, 0.15) is 21.5 Å². The van der Waals surface area contributed by atoms with Crippen molar-refractivity contribution in [2.75, 3.05) is 12.1 Å². The number of ether oxygens (including phenoxy) is 2. The Morgan fingerprint density at radius 2 is 1.96 bits per heavy atom. The van der Waals surface area contributed by atoms with Crippen LogP contribution < -0.4 is 14.8 Å². The van der Waals surface area contributed by atoms with Crippen LogP contribution >= 0.6 is 0 Å². The number of aryl methyl sites for hydroxylation is 1. The standard InChI is InChI=1S/C19H17N3O3/c1-13-2-4-14(5-3-13)10-22-11-16(9-20-22)21-19(23)15-6-7-17-18(8-15)25-12-24-17/h2-9,11H,10,12H2,1H3,(H,21,23). The Hall–Kier alpha value is -3.28. The molecule has 3 aromatic rings. The zero-order valence-corrected chi connectivity index (χ0v) is 13.7. The lowest BCUT2D eigenvalue weighted by Gasteiger charge is -2.04. The largest absolute Gasteiger partial charge is 0.454 e. The van der Waals surface area contributed by atoms with E-state index in [4.69, 9.17) is 9.47 Å². The SMILES string of the molecule is Cc1ccc(Cn2cc(NC(=O)c3ccc4c(c3)OCO4)cn2)cc1. The Labute approximate surface area is 145 Å². The highest BCUT2D eigenvalue weighted by Crippen LogP contribution is 2.32. The molecular weight excluding hydrogens is 318 g/mol. The number of hydrogen-bond acceptors (Lipinski definition) is 4. The molecule has 0 spiro atoms. The van der Waals surface area contributed by atoms with E-state index in [2.05, 4.69) is 41.6 Å². The van der Waals surface area contributed by atoms with Gasteiger partial charge >= 0.3 is 0 Å². The smallest absolute Gasteiger partial charge is 0.255 e. The molecule has 0 aliphatic carbocycles. The molecule has 25 heavy (non-hydrogen) atoms. The van der Waals surface area contributed by atoms with Gasteiger partial charge in [-0.2, -0.15) is 5.10 Å². The third-order valence-corrected chi connectivity index (χ3v) is 3.99. The third-order valence-electron chi connectivity index (χ3n) is 3.99.